The van der Waals surface area contributed by atoms with Gasteiger partial charge >= 0.3 is 0 Å². The highest BCUT2D eigenvalue weighted by molar-refractivity contribution is 6.25. The SMILES string of the molecule is CCc1ccccc1N=CC12c3ccccc3C(c3ccccc31)[C@@H]1C(=O)N(c3ccccc3[N+](=O)[O-])C(=O)[C@@H]12. The first-order chi connectivity index (χ1) is 19.5. The summed E-state index contributed by atoms with van der Waals surface area (Å²) >= 11 is 0. The molecule has 0 radical (unpaired) electrons. The molecule has 2 bridgehead atoms. The zero-order chi connectivity index (χ0) is 27.6. The minimum absolute atomic E-state index is 0.00725. The Kier molecular flexibility index (Phi) is 5.32. The van der Waals surface area contributed by atoms with Crippen molar-refractivity contribution in [1.29, 1.82) is 0 Å². The second-order valence-corrected chi connectivity index (χ2v) is 10.5. The lowest BCUT2D eigenvalue weighted by Crippen LogP contribution is -2.54. The van der Waals surface area contributed by atoms with Gasteiger partial charge in [-0.3, -0.25) is 24.7 Å². The number of imide groups is 1. The fourth-order valence-corrected chi connectivity index (χ4v) is 7.20. The summed E-state index contributed by atoms with van der Waals surface area (Å²) < 4.78 is 0. The molecule has 1 fully saturated rings. The van der Waals surface area contributed by atoms with E-state index in [0.717, 1.165) is 44.8 Å². The minimum atomic E-state index is -1.03. The number of rotatable bonds is 5. The molecule has 0 spiro atoms. The molecule has 196 valence electrons. The Morgan fingerprint density at radius 1 is 0.850 bits per heavy atom. The van der Waals surface area contributed by atoms with Crippen molar-refractivity contribution in [3.8, 4) is 0 Å². The van der Waals surface area contributed by atoms with Gasteiger partial charge in [-0.15, -0.1) is 0 Å². The van der Waals surface area contributed by atoms with Gasteiger partial charge in [0, 0.05) is 18.2 Å². The summed E-state index contributed by atoms with van der Waals surface area (Å²) in [6.07, 6.45) is 2.66. The normalized spacial score (nSPS) is 24.2. The zero-order valence-electron chi connectivity index (χ0n) is 21.7. The third-order valence-corrected chi connectivity index (χ3v) is 8.78. The Balaban J connectivity index is 1.51. The highest BCUT2D eigenvalue weighted by Crippen LogP contribution is 2.64. The predicted molar refractivity (Wildman–Crippen MR) is 152 cm³/mol. The molecule has 1 aliphatic heterocycles. The number of hydrogen-bond acceptors (Lipinski definition) is 5. The lowest BCUT2D eigenvalue weighted by molar-refractivity contribution is -0.384. The van der Waals surface area contributed by atoms with E-state index >= 15 is 0 Å². The van der Waals surface area contributed by atoms with Crippen LogP contribution in [-0.2, 0) is 21.4 Å². The van der Waals surface area contributed by atoms with Crippen LogP contribution in [0, 0.1) is 22.0 Å². The number of carbonyl (C=O) groups excluding carboxylic acids is 2. The maximum atomic E-state index is 14.5. The van der Waals surface area contributed by atoms with Gasteiger partial charge in [-0.05, 0) is 46.4 Å². The average molecular weight is 528 g/mol. The van der Waals surface area contributed by atoms with E-state index in [2.05, 4.69) is 6.92 Å². The van der Waals surface area contributed by atoms with Crippen molar-refractivity contribution in [1.82, 2.24) is 0 Å². The number of para-hydroxylation sites is 3. The summed E-state index contributed by atoms with van der Waals surface area (Å²) in [5.41, 5.74) is 4.47. The van der Waals surface area contributed by atoms with Crippen molar-refractivity contribution in [2.45, 2.75) is 24.7 Å². The molecule has 4 aromatic rings. The van der Waals surface area contributed by atoms with Gasteiger partial charge in [0.1, 0.15) is 5.69 Å². The number of carbonyl (C=O) groups is 2. The Bertz CT molecular complexity index is 1710. The van der Waals surface area contributed by atoms with Crippen LogP contribution in [0.2, 0.25) is 0 Å². The molecule has 7 nitrogen and oxygen atoms in total. The van der Waals surface area contributed by atoms with Crippen LogP contribution in [0.4, 0.5) is 17.1 Å². The molecule has 40 heavy (non-hydrogen) atoms. The third-order valence-electron chi connectivity index (χ3n) is 8.78. The quantitative estimate of drug-likeness (QED) is 0.135. The van der Waals surface area contributed by atoms with Gasteiger partial charge in [-0.2, -0.15) is 0 Å². The molecule has 0 N–H and O–H groups in total. The maximum Gasteiger partial charge on any atom is 0.293 e. The van der Waals surface area contributed by atoms with E-state index in [1.54, 1.807) is 6.07 Å². The van der Waals surface area contributed by atoms with Gasteiger partial charge in [-0.25, -0.2) is 4.90 Å². The fraction of sp³-hybridized carbons (Fsp3) is 0.182. The first-order valence-corrected chi connectivity index (χ1v) is 13.4. The molecule has 8 rings (SSSR count). The molecular formula is C33H25N3O4. The lowest BCUT2D eigenvalue weighted by Gasteiger charge is -2.52. The Hall–Kier alpha value is -4.91. The van der Waals surface area contributed by atoms with Crippen LogP contribution in [0.5, 0.6) is 0 Å². The number of benzene rings is 4. The van der Waals surface area contributed by atoms with E-state index < -0.39 is 34.0 Å². The number of amides is 2. The monoisotopic (exact) mass is 527 g/mol. The van der Waals surface area contributed by atoms with Gasteiger partial charge in [-0.1, -0.05) is 85.8 Å². The molecule has 4 aliphatic rings. The van der Waals surface area contributed by atoms with E-state index in [-0.39, 0.29) is 17.3 Å². The van der Waals surface area contributed by atoms with Crippen LogP contribution in [0.1, 0.15) is 40.7 Å². The van der Waals surface area contributed by atoms with Crippen molar-refractivity contribution < 1.29 is 14.5 Å². The highest BCUT2D eigenvalue weighted by Gasteiger charge is 2.68. The van der Waals surface area contributed by atoms with Crippen molar-refractivity contribution >= 4 is 35.1 Å². The molecule has 1 heterocycles. The number of aryl methyl sites for hydroxylation is 1. The molecule has 2 amide bonds. The average Bonchev–Trinajstić information content (AvgIpc) is 3.26. The topological polar surface area (TPSA) is 92.9 Å². The molecule has 0 saturated carbocycles. The molecule has 0 unspecified atom stereocenters. The largest absolute Gasteiger partial charge is 0.293 e. The molecule has 7 heteroatoms. The molecule has 1 saturated heterocycles. The van der Waals surface area contributed by atoms with Crippen molar-refractivity contribution in [2.24, 2.45) is 16.8 Å². The number of nitrogens with zero attached hydrogens (tertiary/aromatic N) is 3. The number of nitro benzene ring substituents is 1. The Labute approximate surface area is 231 Å². The molecule has 2 atom stereocenters. The van der Waals surface area contributed by atoms with Gasteiger partial charge < -0.3 is 0 Å². The minimum Gasteiger partial charge on any atom is -0.274 e. The maximum absolute atomic E-state index is 14.5. The summed E-state index contributed by atoms with van der Waals surface area (Å²) in [5, 5.41) is 11.9. The Morgan fingerprint density at radius 2 is 1.45 bits per heavy atom. The van der Waals surface area contributed by atoms with Crippen molar-refractivity contribution in [3.05, 3.63) is 135 Å². The predicted octanol–water partition coefficient (Wildman–Crippen LogP) is 6.11. The third kappa shape index (κ3) is 3.09. The number of aliphatic imine (C=N–C) groups is 1. The molecule has 0 aromatic heterocycles. The number of anilines is 1. The molecular weight excluding hydrogens is 502 g/mol. The second kappa shape index (κ2) is 8.81. The van der Waals surface area contributed by atoms with Crippen LogP contribution < -0.4 is 4.90 Å². The second-order valence-electron chi connectivity index (χ2n) is 10.5. The number of nitro groups is 1. The zero-order valence-corrected chi connectivity index (χ0v) is 21.7. The van der Waals surface area contributed by atoms with Crippen LogP contribution in [0.15, 0.2) is 102 Å². The standard InChI is InChI=1S/C33H25N3O4/c1-2-20-11-3-8-16-25(20)34-19-33-23-14-6-4-12-21(23)28(22-13-5-7-15-24(22)33)29-30(33)32(38)35(31(29)37)26-17-9-10-18-27(26)36(39)40/h3-19,28-30H,2H2,1H3/t28?,29-,30+,33?/m0/s1. The lowest BCUT2D eigenvalue weighted by atomic mass is 9.47. The van der Waals surface area contributed by atoms with Gasteiger partial charge in [0.05, 0.1) is 27.9 Å². The summed E-state index contributed by atoms with van der Waals surface area (Å²) in [5.74, 6) is -2.71. The van der Waals surface area contributed by atoms with Crippen LogP contribution in [-0.4, -0.2) is 23.0 Å². The van der Waals surface area contributed by atoms with E-state index in [9.17, 15) is 19.7 Å². The summed E-state index contributed by atoms with van der Waals surface area (Å²) in [4.78, 5) is 46.2. The van der Waals surface area contributed by atoms with E-state index in [0.29, 0.717) is 0 Å². The van der Waals surface area contributed by atoms with Gasteiger partial charge in [0.2, 0.25) is 11.8 Å². The summed E-state index contributed by atoms with van der Waals surface area (Å²) in [6.45, 7) is 2.07. The smallest absolute Gasteiger partial charge is 0.274 e. The van der Waals surface area contributed by atoms with E-state index in [4.69, 9.17) is 4.99 Å². The van der Waals surface area contributed by atoms with Crippen LogP contribution >= 0.6 is 0 Å². The Morgan fingerprint density at radius 3 is 2.12 bits per heavy atom. The van der Waals surface area contributed by atoms with E-state index in [1.165, 1.54) is 18.2 Å². The van der Waals surface area contributed by atoms with Crippen LogP contribution in [0.3, 0.4) is 0 Å². The van der Waals surface area contributed by atoms with E-state index in [1.807, 2.05) is 79.0 Å². The molecule has 4 aromatic carbocycles. The van der Waals surface area contributed by atoms with Crippen molar-refractivity contribution in [2.75, 3.05) is 4.90 Å². The first kappa shape index (κ1) is 24.2. The van der Waals surface area contributed by atoms with Crippen molar-refractivity contribution in [3.63, 3.8) is 0 Å². The van der Waals surface area contributed by atoms with Crippen LogP contribution in [0.25, 0.3) is 0 Å². The summed E-state index contributed by atoms with van der Waals surface area (Å²) in [7, 11) is 0. The molecule has 3 aliphatic carbocycles. The van der Waals surface area contributed by atoms with Gasteiger partial charge in [0.15, 0.2) is 0 Å². The van der Waals surface area contributed by atoms with Gasteiger partial charge in [0.25, 0.3) is 5.69 Å². The first-order valence-electron chi connectivity index (χ1n) is 13.4. The summed E-state index contributed by atoms with van der Waals surface area (Å²) in [6, 6.07) is 29.8. The number of hydrogen-bond donors (Lipinski definition) is 0. The fourth-order valence-electron chi connectivity index (χ4n) is 7.20. The highest BCUT2D eigenvalue weighted by atomic mass is 16.6.